The maximum atomic E-state index is 11.8. The van der Waals surface area contributed by atoms with Gasteiger partial charge in [-0.15, -0.1) is 0 Å². The Morgan fingerprint density at radius 3 is 2.83 bits per heavy atom. The highest BCUT2D eigenvalue weighted by Gasteiger charge is 2.29. The van der Waals surface area contributed by atoms with Crippen LogP contribution in [0.2, 0.25) is 0 Å². The topological polar surface area (TPSA) is 65.8 Å². The van der Waals surface area contributed by atoms with E-state index in [-0.39, 0.29) is 17.6 Å². The predicted octanol–water partition coefficient (Wildman–Crippen LogP) is 2.23. The van der Waals surface area contributed by atoms with Crippen molar-refractivity contribution in [1.29, 1.82) is 5.26 Å². The van der Waals surface area contributed by atoms with Gasteiger partial charge in [0.1, 0.15) is 5.54 Å². The molecule has 0 bridgehead atoms. The molecule has 1 aromatic rings. The SMILES string of the molecule is CC(C)C(C)(C#N)NC(=O)CSc1ccccn1. The minimum Gasteiger partial charge on any atom is -0.337 e. The standard InChI is InChI=1S/C13H17N3OS/c1-10(2)13(3,9-14)16-11(17)8-18-12-6-4-5-7-15-12/h4-7,10H,8H2,1-3H3,(H,16,17). The fourth-order valence-electron chi connectivity index (χ4n) is 1.20. The third-order valence-electron chi connectivity index (χ3n) is 2.77. The van der Waals surface area contributed by atoms with Gasteiger partial charge in [-0.25, -0.2) is 4.98 Å². The second-order valence-corrected chi connectivity index (χ2v) is 5.47. The molecule has 1 aromatic heterocycles. The zero-order valence-electron chi connectivity index (χ0n) is 10.8. The number of nitriles is 1. The van der Waals surface area contributed by atoms with E-state index >= 15 is 0 Å². The van der Waals surface area contributed by atoms with Crippen LogP contribution < -0.4 is 5.32 Å². The molecule has 1 heterocycles. The maximum absolute atomic E-state index is 11.8. The largest absolute Gasteiger partial charge is 0.337 e. The van der Waals surface area contributed by atoms with Crippen molar-refractivity contribution in [3.63, 3.8) is 0 Å². The Morgan fingerprint density at radius 1 is 1.61 bits per heavy atom. The minimum atomic E-state index is -0.818. The van der Waals surface area contributed by atoms with Gasteiger partial charge in [0.25, 0.3) is 0 Å². The highest BCUT2D eigenvalue weighted by Crippen LogP contribution is 2.17. The Hall–Kier alpha value is -1.54. The average molecular weight is 263 g/mol. The molecule has 0 aromatic carbocycles. The number of hydrogen-bond acceptors (Lipinski definition) is 4. The van der Waals surface area contributed by atoms with Crippen molar-refractivity contribution in [3.8, 4) is 6.07 Å². The van der Waals surface area contributed by atoms with Gasteiger partial charge in [0.15, 0.2) is 0 Å². The Kier molecular flexibility index (Phi) is 5.17. The smallest absolute Gasteiger partial charge is 0.231 e. The fraction of sp³-hybridized carbons (Fsp3) is 0.462. The Labute approximate surface area is 112 Å². The van der Waals surface area contributed by atoms with E-state index in [1.54, 1.807) is 13.1 Å². The van der Waals surface area contributed by atoms with Crippen LogP contribution >= 0.6 is 11.8 Å². The quantitative estimate of drug-likeness (QED) is 0.827. The van der Waals surface area contributed by atoms with E-state index in [1.807, 2.05) is 32.0 Å². The third kappa shape index (κ3) is 4.04. The molecule has 0 aliphatic carbocycles. The Balaban J connectivity index is 2.50. The fourth-order valence-corrected chi connectivity index (χ4v) is 1.86. The van der Waals surface area contributed by atoms with E-state index in [9.17, 15) is 4.79 Å². The van der Waals surface area contributed by atoms with Crippen LogP contribution in [0.25, 0.3) is 0 Å². The number of carbonyl (C=O) groups is 1. The van der Waals surface area contributed by atoms with Crippen molar-refractivity contribution in [2.45, 2.75) is 31.3 Å². The summed E-state index contributed by atoms with van der Waals surface area (Å²) >= 11 is 1.36. The summed E-state index contributed by atoms with van der Waals surface area (Å²) in [6.45, 7) is 5.56. The molecule has 1 N–H and O–H groups in total. The van der Waals surface area contributed by atoms with Gasteiger partial charge in [-0.05, 0) is 25.0 Å². The van der Waals surface area contributed by atoms with Crippen LogP contribution in [-0.2, 0) is 4.79 Å². The van der Waals surface area contributed by atoms with Gasteiger partial charge in [-0.3, -0.25) is 4.79 Å². The first-order valence-corrected chi connectivity index (χ1v) is 6.72. The van der Waals surface area contributed by atoms with Crippen LogP contribution in [0.4, 0.5) is 0 Å². The molecule has 5 heteroatoms. The van der Waals surface area contributed by atoms with Crippen LogP contribution in [0.1, 0.15) is 20.8 Å². The molecule has 1 rings (SSSR count). The predicted molar refractivity (Wildman–Crippen MR) is 72.0 cm³/mol. The van der Waals surface area contributed by atoms with Crippen LogP contribution in [0, 0.1) is 17.2 Å². The first kappa shape index (κ1) is 14.5. The third-order valence-corrected chi connectivity index (χ3v) is 3.72. The molecule has 1 amide bonds. The number of thioether (sulfide) groups is 1. The molecule has 0 saturated heterocycles. The molecule has 18 heavy (non-hydrogen) atoms. The van der Waals surface area contributed by atoms with Gasteiger partial charge >= 0.3 is 0 Å². The second-order valence-electron chi connectivity index (χ2n) is 4.47. The first-order chi connectivity index (χ1) is 8.48. The van der Waals surface area contributed by atoms with Crippen molar-refractivity contribution in [1.82, 2.24) is 10.3 Å². The molecule has 4 nitrogen and oxygen atoms in total. The normalized spacial score (nSPS) is 13.7. The number of rotatable bonds is 5. The molecule has 0 saturated carbocycles. The molecule has 1 unspecified atom stereocenters. The maximum Gasteiger partial charge on any atom is 0.231 e. The first-order valence-electron chi connectivity index (χ1n) is 5.74. The van der Waals surface area contributed by atoms with Crippen LogP contribution in [0.5, 0.6) is 0 Å². The zero-order valence-corrected chi connectivity index (χ0v) is 11.6. The van der Waals surface area contributed by atoms with Crippen molar-refractivity contribution in [2.75, 3.05) is 5.75 Å². The molecule has 1 atom stereocenters. The number of hydrogen-bond donors (Lipinski definition) is 1. The molecule has 0 aliphatic rings. The summed E-state index contributed by atoms with van der Waals surface area (Å²) in [5, 5.41) is 12.7. The average Bonchev–Trinajstić information content (AvgIpc) is 2.37. The number of nitrogens with zero attached hydrogens (tertiary/aromatic N) is 2. The number of amides is 1. The molecule has 0 fully saturated rings. The van der Waals surface area contributed by atoms with Crippen molar-refractivity contribution in [3.05, 3.63) is 24.4 Å². The summed E-state index contributed by atoms with van der Waals surface area (Å²) in [6.07, 6.45) is 1.69. The summed E-state index contributed by atoms with van der Waals surface area (Å²) in [4.78, 5) is 15.9. The highest BCUT2D eigenvalue weighted by molar-refractivity contribution is 7.99. The lowest BCUT2D eigenvalue weighted by Gasteiger charge is -2.27. The van der Waals surface area contributed by atoms with Gasteiger partial charge in [-0.2, -0.15) is 5.26 Å². The van der Waals surface area contributed by atoms with Gasteiger partial charge in [-0.1, -0.05) is 31.7 Å². The molecular formula is C13H17N3OS. The summed E-state index contributed by atoms with van der Waals surface area (Å²) in [6, 6.07) is 7.71. The van der Waals surface area contributed by atoms with E-state index < -0.39 is 5.54 Å². The van der Waals surface area contributed by atoms with Crippen LogP contribution in [-0.4, -0.2) is 22.2 Å². The van der Waals surface area contributed by atoms with Gasteiger partial charge in [0.2, 0.25) is 5.91 Å². The van der Waals surface area contributed by atoms with E-state index in [0.717, 1.165) is 5.03 Å². The van der Waals surface area contributed by atoms with Gasteiger partial charge in [0.05, 0.1) is 16.8 Å². The monoisotopic (exact) mass is 263 g/mol. The zero-order chi connectivity index (χ0) is 13.6. The van der Waals surface area contributed by atoms with E-state index in [4.69, 9.17) is 5.26 Å². The highest BCUT2D eigenvalue weighted by atomic mass is 32.2. The van der Waals surface area contributed by atoms with Gasteiger partial charge < -0.3 is 5.32 Å². The van der Waals surface area contributed by atoms with Crippen molar-refractivity contribution >= 4 is 17.7 Å². The lowest BCUT2D eigenvalue weighted by molar-refractivity contribution is -0.120. The summed E-state index contributed by atoms with van der Waals surface area (Å²) < 4.78 is 0. The Morgan fingerprint density at radius 2 is 2.33 bits per heavy atom. The van der Waals surface area contributed by atoms with E-state index in [0.29, 0.717) is 0 Å². The number of carbonyl (C=O) groups excluding carboxylic acids is 1. The lowest BCUT2D eigenvalue weighted by Crippen LogP contribution is -2.49. The molecular weight excluding hydrogens is 246 g/mol. The van der Waals surface area contributed by atoms with E-state index in [2.05, 4.69) is 16.4 Å². The molecule has 0 aliphatic heterocycles. The van der Waals surface area contributed by atoms with Crippen molar-refractivity contribution in [2.24, 2.45) is 5.92 Å². The summed E-state index contributed by atoms with van der Waals surface area (Å²) in [7, 11) is 0. The number of aromatic nitrogens is 1. The molecule has 0 spiro atoms. The summed E-state index contributed by atoms with van der Waals surface area (Å²) in [5.41, 5.74) is -0.818. The second kappa shape index (κ2) is 6.41. The number of pyridine rings is 1. The van der Waals surface area contributed by atoms with E-state index in [1.165, 1.54) is 11.8 Å². The van der Waals surface area contributed by atoms with Gasteiger partial charge in [0, 0.05) is 6.20 Å². The molecule has 0 radical (unpaired) electrons. The lowest BCUT2D eigenvalue weighted by atomic mass is 9.90. The van der Waals surface area contributed by atoms with Crippen LogP contribution in [0.3, 0.4) is 0 Å². The summed E-state index contributed by atoms with van der Waals surface area (Å²) in [5.74, 6) is 0.177. The van der Waals surface area contributed by atoms with Crippen molar-refractivity contribution < 1.29 is 4.79 Å². The number of nitrogens with one attached hydrogen (secondary N) is 1. The van der Waals surface area contributed by atoms with Crippen LogP contribution in [0.15, 0.2) is 29.4 Å². The molecule has 96 valence electrons. The Bertz CT molecular complexity index is 441. The minimum absolute atomic E-state index is 0.0614.